The molecule has 1 aliphatic heterocycles. The summed E-state index contributed by atoms with van der Waals surface area (Å²) in [6, 6.07) is 12.7. The first-order chi connectivity index (χ1) is 14.9. The highest BCUT2D eigenvalue weighted by Crippen LogP contribution is 2.65. The molecule has 0 spiro atoms. The summed E-state index contributed by atoms with van der Waals surface area (Å²) in [5, 5.41) is 2.95. The van der Waals surface area contributed by atoms with E-state index in [0.29, 0.717) is 23.1 Å². The second kappa shape index (κ2) is 6.39. The SMILES string of the molecule is Cc1ccc(C)c(NC(=O)c2ccc(N3C(=O)[C@H]4[C@@H]5C=C[C@@H]([C@H]6C[C@H]56)[C@@H]4C3=O)cc2)c1. The minimum absolute atomic E-state index is 0.0766. The molecule has 4 aliphatic carbocycles. The first kappa shape index (κ1) is 18.6. The van der Waals surface area contributed by atoms with Crippen molar-refractivity contribution in [2.24, 2.45) is 35.5 Å². The Hall–Kier alpha value is -3.21. The van der Waals surface area contributed by atoms with Crippen LogP contribution in [0.1, 0.15) is 27.9 Å². The first-order valence-corrected chi connectivity index (χ1v) is 11.0. The van der Waals surface area contributed by atoms with Crippen molar-refractivity contribution in [2.45, 2.75) is 20.3 Å². The summed E-state index contributed by atoms with van der Waals surface area (Å²) < 4.78 is 0. The van der Waals surface area contributed by atoms with Crippen molar-refractivity contribution >= 4 is 29.1 Å². The summed E-state index contributed by atoms with van der Waals surface area (Å²) in [6.45, 7) is 3.94. The zero-order valence-corrected chi connectivity index (χ0v) is 17.5. The average molecular weight is 412 g/mol. The molecule has 3 amide bonds. The standard InChI is InChI=1S/C26H24N2O3/c1-13-3-4-14(2)21(11-13)27-24(29)15-5-7-16(8-6-15)28-25(30)22-17-9-10-18(20-12-19(17)20)23(22)26(28)31/h3-11,17-20,22-23H,12H2,1-2H3,(H,27,29)/t17-,18+,19-,20-,22+,23+/m1/s1. The Balaban J connectivity index is 1.23. The van der Waals surface area contributed by atoms with Gasteiger partial charge in [-0.05, 0) is 85.4 Å². The number of allylic oxidation sites excluding steroid dienone is 2. The highest BCUT2D eigenvalue weighted by Gasteiger charge is 2.67. The van der Waals surface area contributed by atoms with Gasteiger partial charge < -0.3 is 5.32 Å². The number of anilines is 2. The predicted octanol–water partition coefficient (Wildman–Crippen LogP) is 4.11. The van der Waals surface area contributed by atoms with Gasteiger partial charge in [0.2, 0.25) is 11.8 Å². The number of aryl methyl sites for hydroxylation is 2. The molecule has 3 fully saturated rings. The largest absolute Gasteiger partial charge is 0.322 e. The van der Waals surface area contributed by atoms with Gasteiger partial charge in [0.1, 0.15) is 0 Å². The lowest BCUT2D eigenvalue weighted by Crippen LogP contribution is -2.40. The summed E-state index contributed by atoms with van der Waals surface area (Å²) in [5.74, 6) is 0.813. The van der Waals surface area contributed by atoms with Gasteiger partial charge in [0.25, 0.3) is 5.91 Å². The molecule has 1 N–H and O–H groups in total. The molecule has 5 aliphatic rings. The van der Waals surface area contributed by atoms with Crippen molar-refractivity contribution in [3.8, 4) is 0 Å². The maximum Gasteiger partial charge on any atom is 0.255 e. The molecule has 156 valence electrons. The number of imide groups is 1. The van der Waals surface area contributed by atoms with Crippen molar-refractivity contribution in [3.05, 3.63) is 71.3 Å². The molecule has 0 radical (unpaired) electrons. The van der Waals surface area contributed by atoms with Gasteiger partial charge in [0, 0.05) is 11.3 Å². The maximum absolute atomic E-state index is 13.2. The normalized spacial score (nSPS) is 32.1. The van der Waals surface area contributed by atoms with Crippen LogP contribution in [0.15, 0.2) is 54.6 Å². The lowest BCUT2D eigenvalue weighted by atomic mass is 9.63. The Morgan fingerprint density at radius 1 is 0.903 bits per heavy atom. The number of hydrogen-bond acceptors (Lipinski definition) is 3. The molecule has 5 heteroatoms. The van der Waals surface area contributed by atoms with E-state index in [1.54, 1.807) is 24.3 Å². The van der Waals surface area contributed by atoms with Gasteiger partial charge in [0.05, 0.1) is 17.5 Å². The number of benzene rings is 2. The summed E-state index contributed by atoms with van der Waals surface area (Å²) >= 11 is 0. The van der Waals surface area contributed by atoms with E-state index >= 15 is 0 Å². The number of amides is 3. The van der Waals surface area contributed by atoms with Gasteiger partial charge >= 0.3 is 0 Å². The summed E-state index contributed by atoms with van der Waals surface area (Å²) in [4.78, 5) is 40.5. The fraction of sp³-hybridized carbons (Fsp3) is 0.346. The molecule has 6 atom stereocenters. The number of rotatable bonds is 3. The van der Waals surface area contributed by atoms with Gasteiger partial charge in [-0.3, -0.25) is 19.3 Å². The Kier molecular flexibility index (Phi) is 3.83. The van der Waals surface area contributed by atoms with E-state index in [1.165, 1.54) is 4.90 Å². The van der Waals surface area contributed by atoms with Crippen LogP contribution in [-0.2, 0) is 9.59 Å². The van der Waals surface area contributed by atoms with E-state index < -0.39 is 0 Å². The third kappa shape index (κ3) is 2.65. The Morgan fingerprint density at radius 2 is 1.52 bits per heavy atom. The molecule has 1 saturated heterocycles. The van der Waals surface area contributed by atoms with E-state index in [4.69, 9.17) is 0 Å². The smallest absolute Gasteiger partial charge is 0.255 e. The van der Waals surface area contributed by atoms with Crippen LogP contribution in [0, 0.1) is 49.4 Å². The maximum atomic E-state index is 13.2. The Labute approximate surface area is 181 Å². The Bertz CT molecular complexity index is 1130. The molecule has 2 saturated carbocycles. The Morgan fingerprint density at radius 3 is 2.13 bits per heavy atom. The van der Waals surface area contributed by atoms with Gasteiger partial charge in [-0.15, -0.1) is 0 Å². The summed E-state index contributed by atoms with van der Waals surface area (Å²) in [7, 11) is 0. The molecular weight excluding hydrogens is 388 g/mol. The van der Waals surface area contributed by atoms with Crippen molar-refractivity contribution in [1.82, 2.24) is 0 Å². The van der Waals surface area contributed by atoms with Crippen LogP contribution in [0.25, 0.3) is 0 Å². The van der Waals surface area contributed by atoms with Crippen LogP contribution in [-0.4, -0.2) is 17.7 Å². The number of nitrogens with zero attached hydrogens (tertiary/aromatic N) is 1. The molecule has 5 nitrogen and oxygen atoms in total. The van der Waals surface area contributed by atoms with Gasteiger partial charge in [0.15, 0.2) is 0 Å². The van der Waals surface area contributed by atoms with E-state index in [1.807, 2.05) is 32.0 Å². The topological polar surface area (TPSA) is 66.5 Å². The number of carbonyl (C=O) groups is 3. The van der Waals surface area contributed by atoms with Crippen LogP contribution in [0.4, 0.5) is 11.4 Å². The van der Waals surface area contributed by atoms with Crippen LogP contribution >= 0.6 is 0 Å². The lowest BCUT2D eigenvalue weighted by molar-refractivity contribution is -0.124. The number of hydrogen-bond donors (Lipinski definition) is 1. The first-order valence-electron chi connectivity index (χ1n) is 11.0. The highest BCUT2D eigenvalue weighted by molar-refractivity contribution is 6.22. The van der Waals surface area contributed by atoms with Crippen molar-refractivity contribution in [3.63, 3.8) is 0 Å². The molecule has 31 heavy (non-hydrogen) atoms. The minimum Gasteiger partial charge on any atom is -0.322 e. The van der Waals surface area contributed by atoms with Gasteiger partial charge in [-0.1, -0.05) is 24.3 Å². The van der Waals surface area contributed by atoms with Crippen LogP contribution in [0.3, 0.4) is 0 Å². The van der Waals surface area contributed by atoms with Crippen molar-refractivity contribution in [1.29, 1.82) is 0 Å². The van der Waals surface area contributed by atoms with Gasteiger partial charge in [-0.25, -0.2) is 0 Å². The molecule has 0 aromatic heterocycles. The van der Waals surface area contributed by atoms with Crippen LogP contribution < -0.4 is 10.2 Å². The van der Waals surface area contributed by atoms with E-state index in [9.17, 15) is 14.4 Å². The zero-order valence-electron chi connectivity index (χ0n) is 17.5. The molecule has 2 aromatic rings. The molecular formula is C26H24N2O3. The lowest BCUT2D eigenvalue weighted by Gasteiger charge is -2.37. The zero-order chi connectivity index (χ0) is 21.4. The third-order valence-corrected chi connectivity index (χ3v) is 7.69. The van der Waals surface area contributed by atoms with E-state index in [2.05, 4.69) is 17.5 Å². The number of nitrogens with one attached hydrogen (secondary N) is 1. The fourth-order valence-electron chi connectivity index (χ4n) is 6.04. The third-order valence-electron chi connectivity index (χ3n) is 7.69. The second-order valence-corrected chi connectivity index (χ2v) is 9.49. The molecule has 2 aromatic carbocycles. The predicted molar refractivity (Wildman–Crippen MR) is 118 cm³/mol. The van der Waals surface area contributed by atoms with E-state index in [-0.39, 0.29) is 41.4 Å². The average Bonchev–Trinajstić information content (AvgIpc) is 3.54. The van der Waals surface area contributed by atoms with E-state index in [0.717, 1.165) is 23.2 Å². The monoisotopic (exact) mass is 412 g/mol. The van der Waals surface area contributed by atoms with Crippen LogP contribution in [0.2, 0.25) is 0 Å². The molecule has 1 heterocycles. The summed E-state index contributed by atoms with van der Waals surface area (Å²) in [6.07, 6.45) is 5.50. The minimum atomic E-state index is -0.213. The number of carbonyl (C=O) groups excluding carboxylic acids is 3. The van der Waals surface area contributed by atoms with Gasteiger partial charge in [-0.2, -0.15) is 0 Å². The highest BCUT2D eigenvalue weighted by atomic mass is 16.2. The molecule has 0 unspecified atom stereocenters. The van der Waals surface area contributed by atoms with Crippen molar-refractivity contribution < 1.29 is 14.4 Å². The van der Waals surface area contributed by atoms with Crippen molar-refractivity contribution in [2.75, 3.05) is 10.2 Å². The fourth-order valence-corrected chi connectivity index (χ4v) is 6.04. The summed E-state index contributed by atoms with van der Waals surface area (Å²) in [5.41, 5.74) is 3.90. The quantitative estimate of drug-likeness (QED) is 0.609. The molecule has 2 bridgehead atoms. The second-order valence-electron chi connectivity index (χ2n) is 9.49. The van der Waals surface area contributed by atoms with Crippen LogP contribution in [0.5, 0.6) is 0 Å². The molecule has 7 rings (SSSR count).